The molecule has 0 unspecified atom stereocenters. The van der Waals surface area contributed by atoms with Crippen LogP contribution in [-0.2, 0) is 13.1 Å². The van der Waals surface area contributed by atoms with Gasteiger partial charge in [-0.1, -0.05) is 97.1 Å². The summed E-state index contributed by atoms with van der Waals surface area (Å²) < 4.78 is 0. The van der Waals surface area contributed by atoms with E-state index >= 15 is 0 Å². The average molecular weight is 627 g/mol. The fourth-order valence-corrected chi connectivity index (χ4v) is 7.11. The van der Waals surface area contributed by atoms with Crippen molar-refractivity contribution in [3.05, 3.63) is 131 Å². The Morgan fingerprint density at radius 3 is 1.89 bits per heavy atom. The van der Waals surface area contributed by atoms with Crippen molar-refractivity contribution < 1.29 is 0 Å². The molecule has 1 aliphatic rings. The van der Waals surface area contributed by atoms with Gasteiger partial charge in [0.15, 0.2) is 0 Å². The van der Waals surface area contributed by atoms with Crippen molar-refractivity contribution in [3.8, 4) is 0 Å². The van der Waals surface area contributed by atoms with Crippen LogP contribution in [0.3, 0.4) is 0 Å². The minimum atomic E-state index is 0.283. The van der Waals surface area contributed by atoms with Gasteiger partial charge in [-0.2, -0.15) is 4.98 Å². The lowest BCUT2D eigenvalue weighted by molar-refractivity contribution is 0.144. The van der Waals surface area contributed by atoms with Gasteiger partial charge in [0.25, 0.3) is 0 Å². The van der Waals surface area contributed by atoms with Gasteiger partial charge in [0.1, 0.15) is 5.82 Å². The van der Waals surface area contributed by atoms with Crippen LogP contribution >= 0.6 is 0 Å². The second-order valence-corrected chi connectivity index (χ2v) is 13.4. The largest absolute Gasteiger partial charge is 0.362 e. The molecule has 2 atom stereocenters. The minimum Gasteiger partial charge on any atom is -0.362 e. The van der Waals surface area contributed by atoms with Gasteiger partial charge in [0, 0.05) is 50.7 Å². The number of benzene rings is 4. The molecule has 1 fully saturated rings. The fourth-order valence-electron chi connectivity index (χ4n) is 7.11. The van der Waals surface area contributed by atoms with Gasteiger partial charge < -0.3 is 15.5 Å². The van der Waals surface area contributed by atoms with Gasteiger partial charge in [-0.05, 0) is 86.4 Å². The Morgan fingerprint density at radius 1 is 0.681 bits per heavy atom. The first kappa shape index (κ1) is 32.7. The zero-order chi connectivity index (χ0) is 32.6. The number of hydrogen-bond donors (Lipinski definition) is 2. The number of aromatic nitrogens is 2. The highest BCUT2D eigenvalue weighted by Gasteiger charge is 2.25. The normalized spacial score (nSPS) is 17.8. The summed E-state index contributed by atoms with van der Waals surface area (Å²) in [5.41, 5.74) is 6.46. The monoisotopic (exact) mass is 626 g/mol. The first-order chi connectivity index (χ1) is 23.0. The number of anilines is 2. The maximum absolute atomic E-state index is 4.87. The molecule has 47 heavy (non-hydrogen) atoms. The summed E-state index contributed by atoms with van der Waals surface area (Å²) in [5.74, 6) is 2.38. The maximum Gasteiger partial charge on any atom is 0.225 e. The lowest BCUT2D eigenvalue weighted by Crippen LogP contribution is -2.32. The number of hydrogen-bond acceptors (Lipinski definition) is 6. The van der Waals surface area contributed by atoms with E-state index < -0.39 is 0 Å². The Labute approximate surface area is 281 Å². The van der Waals surface area contributed by atoms with Crippen molar-refractivity contribution in [1.29, 1.82) is 0 Å². The van der Waals surface area contributed by atoms with Crippen LogP contribution in [0.25, 0.3) is 10.9 Å². The quantitative estimate of drug-likeness (QED) is 0.136. The highest BCUT2D eigenvalue weighted by molar-refractivity contribution is 5.90. The molecule has 0 saturated heterocycles. The van der Waals surface area contributed by atoms with Crippen LogP contribution in [0, 0.1) is 5.92 Å². The molecule has 0 aliphatic heterocycles. The lowest BCUT2D eigenvalue weighted by atomic mass is 9.86. The average Bonchev–Trinajstić information content (AvgIpc) is 3.11. The van der Waals surface area contributed by atoms with E-state index in [9.17, 15) is 0 Å². The molecule has 1 heterocycles. The van der Waals surface area contributed by atoms with Crippen LogP contribution in [0.2, 0.25) is 0 Å². The second-order valence-electron chi connectivity index (χ2n) is 13.4. The number of para-hydroxylation sites is 1. The summed E-state index contributed by atoms with van der Waals surface area (Å²) in [6.07, 6.45) is 4.69. The highest BCUT2D eigenvalue weighted by Crippen LogP contribution is 2.33. The second kappa shape index (κ2) is 15.6. The molecule has 5 aromatic rings. The van der Waals surface area contributed by atoms with Gasteiger partial charge >= 0.3 is 0 Å². The Bertz CT molecular complexity index is 1650. The van der Waals surface area contributed by atoms with E-state index in [0.717, 1.165) is 55.1 Å². The Balaban J connectivity index is 1.05. The topological polar surface area (TPSA) is 56.3 Å². The lowest BCUT2D eigenvalue weighted by Gasteiger charge is -2.36. The van der Waals surface area contributed by atoms with Crippen molar-refractivity contribution >= 4 is 22.7 Å². The highest BCUT2D eigenvalue weighted by atomic mass is 15.2. The molecule has 244 valence electrons. The molecule has 0 spiro atoms. The van der Waals surface area contributed by atoms with Crippen LogP contribution in [0.1, 0.15) is 73.9 Å². The van der Waals surface area contributed by atoms with Crippen molar-refractivity contribution in [3.63, 3.8) is 0 Å². The molecular weight excluding hydrogens is 576 g/mol. The number of nitrogens with one attached hydrogen (secondary N) is 2. The van der Waals surface area contributed by atoms with E-state index in [4.69, 9.17) is 9.97 Å². The molecule has 6 heteroatoms. The predicted molar refractivity (Wildman–Crippen MR) is 197 cm³/mol. The van der Waals surface area contributed by atoms with Crippen molar-refractivity contribution in [1.82, 2.24) is 20.2 Å². The molecule has 0 radical (unpaired) electrons. The van der Waals surface area contributed by atoms with Crippen LogP contribution in [0.4, 0.5) is 11.8 Å². The summed E-state index contributed by atoms with van der Waals surface area (Å²) in [4.78, 5) is 14.4. The van der Waals surface area contributed by atoms with E-state index in [1.54, 1.807) is 0 Å². The molecule has 1 aliphatic carbocycles. The summed E-state index contributed by atoms with van der Waals surface area (Å²) in [6.45, 7) is 7.51. The Morgan fingerprint density at radius 2 is 1.26 bits per heavy atom. The molecule has 0 amide bonds. The number of rotatable bonds is 13. The van der Waals surface area contributed by atoms with E-state index in [0.29, 0.717) is 12.0 Å². The zero-order valence-corrected chi connectivity index (χ0v) is 28.4. The molecule has 1 saturated carbocycles. The van der Waals surface area contributed by atoms with Crippen molar-refractivity contribution in [2.24, 2.45) is 5.92 Å². The Kier molecular flexibility index (Phi) is 10.8. The summed E-state index contributed by atoms with van der Waals surface area (Å²) >= 11 is 0. The molecule has 2 N–H and O–H groups in total. The standard InChI is InChI=1S/C41H50N6/c1-30(33-15-7-5-8-16-33)47(31(2)34-17-9-6-10-18-34)29-36-20-12-11-19-35(36)28-42-27-32-23-25-37(26-24-32)43-41-44-39-22-14-13-21-38(39)40(45-41)46(3)4/h5-22,30-32,37,42H,23-29H2,1-4H3,(H,43,44,45)/t30-,31-,32-,37+/m1/s1. The van der Waals surface area contributed by atoms with Crippen LogP contribution in [0.15, 0.2) is 109 Å². The summed E-state index contributed by atoms with van der Waals surface area (Å²) in [6, 6.07) is 40.0. The first-order valence-electron chi connectivity index (χ1n) is 17.3. The third-order valence-corrected chi connectivity index (χ3v) is 9.97. The van der Waals surface area contributed by atoms with Crippen LogP contribution in [0.5, 0.6) is 0 Å². The molecular formula is C41H50N6. The number of nitrogens with zero attached hydrogens (tertiary/aromatic N) is 4. The summed E-state index contributed by atoms with van der Waals surface area (Å²) in [7, 11) is 4.09. The van der Waals surface area contributed by atoms with E-state index in [-0.39, 0.29) is 12.1 Å². The Hall–Kier alpha value is -4.26. The van der Waals surface area contributed by atoms with E-state index in [1.165, 1.54) is 35.1 Å². The smallest absolute Gasteiger partial charge is 0.225 e. The van der Waals surface area contributed by atoms with Gasteiger partial charge in [-0.25, -0.2) is 4.98 Å². The molecule has 1 aromatic heterocycles. The van der Waals surface area contributed by atoms with Crippen molar-refractivity contribution in [2.45, 2.75) is 70.7 Å². The third kappa shape index (κ3) is 8.19. The predicted octanol–water partition coefficient (Wildman–Crippen LogP) is 8.78. The third-order valence-electron chi connectivity index (χ3n) is 9.97. The van der Waals surface area contributed by atoms with Gasteiger partial charge in [-0.15, -0.1) is 0 Å². The van der Waals surface area contributed by atoms with Gasteiger partial charge in [0.05, 0.1) is 5.52 Å². The molecule has 6 nitrogen and oxygen atoms in total. The zero-order valence-electron chi connectivity index (χ0n) is 28.4. The number of fused-ring (bicyclic) bond motifs is 1. The molecule has 4 aromatic carbocycles. The van der Waals surface area contributed by atoms with E-state index in [2.05, 4.69) is 131 Å². The minimum absolute atomic E-state index is 0.283. The summed E-state index contributed by atoms with van der Waals surface area (Å²) in [5, 5.41) is 8.59. The van der Waals surface area contributed by atoms with Crippen LogP contribution < -0.4 is 15.5 Å². The molecule has 6 rings (SSSR count). The maximum atomic E-state index is 4.87. The van der Waals surface area contributed by atoms with E-state index in [1.807, 2.05) is 26.2 Å². The fraction of sp³-hybridized carbons (Fsp3) is 0.366. The van der Waals surface area contributed by atoms with Gasteiger partial charge in [0.2, 0.25) is 5.95 Å². The van der Waals surface area contributed by atoms with Crippen LogP contribution in [-0.4, -0.2) is 41.5 Å². The molecule has 0 bridgehead atoms. The van der Waals surface area contributed by atoms with Crippen molar-refractivity contribution in [2.75, 3.05) is 30.9 Å². The first-order valence-corrected chi connectivity index (χ1v) is 17.3. The SMILES string of the molecule is C[C@H](c1ccccc1)N(Cc1ccccc1CNC[C@H]1CC[C@@H](Nc2nc(N(C)C)c3ccccc3n2)CC1)[C@H](C)c1ccccc1. The van der Waals surface area contributed by atoms with Gasteiger partial charge in [-0.3, -0.25) is 4.90 Å².